The van der Waals surface area contributed by atoms with Crippen molar-refractivity contribution in [3.63, 3.8) is 0 Å². The predicted octanol–water partition coefficient (Wildman–Crippen LogP) is 5.86. The first-order chi connectivity index (χ1) is 12.2. The molecule has 0 bridgehead atoms. The van der Waals surface area contributed by atoms with Gasteiger partial charge in [-0.05, 0) is 58.2 Å². The number of carbonyl (C=O) groups is 1. The first kappa shape index (κ1) is 24.0. The summed E-state index contributed by atoms with van der Waals surface area (Å²) in [5.41, 5.74) is -1.31. The number of ether oxygens (including phenoxy) is 1. The van der Waals surface area contributed by atoms with E-state index >= 15 is 0 Å². The molecular weight excluding hydrogens is 356 g/mol. The lowest BCUT2D eigenvalue weighted by Crippen LogP contribution is -2.54. The van der Waals surface area contributed by atoms with E-state index in [4.69, 9.17) is 9.16 Å². The van der Waals surface area contributed by atoms with Crippen LogP contribution in [-0.2, 0) is 9.16 Å². The SMILES string of the molecule is CC(C)(C)OC(=O)N(CCCO[Si](C)(C)C(C)(C)C)C1(C#N)CCCCC1. The lowest BCUT2D eigenvalue weighted by Gasteiger charge is -2.42. The van der Waals surface area contributed by atoms with Crippen molar-refractivity contribution in [2.24, 2.45) is 0 Å². The molecule has 156 valence electrons. The zero-order valence-corrected chi connectivity index (χ0v) is 19.8. The quantitative estimate of drug-likeness (QED) is 0.416. The van der Waals surface area contributed by atoms with E-state index in [-0.39, 0.29) is 11.1 Å². The number of rotatable bonds is 6. The highest BCUT2D eigenvalue weighted by atomic mass is 28.4. The van der Waals surface area contributed by atoms with E-state index in [1.807, 2.05) is 20.8 Å². The van der Waals surface area contributed by atoms with Gasteiger partial charge in [0.2, 0.25) is 0 Å². The van der Waals surface area contributed by atoms with Crippen molar-refractivity contribution in [3.8, 4) is 6.07 Å². The highest BCUT2D eigenvalue weighted by Crippen LogP contribution is 2.37. The Morgan fingerprint density at radius 3 is 2.11 bits per heavy atom. The third-order valence-corrected chi connectivity index (χ3v) is 10.4. The summed E-state index contributed by atoms with van der Waals surface area (Å²) in [5, 5.41) is 10.1. The van der Waals surface area contributed by atoms with Crippen molar-refractivity contribution in [2.75, 3.05) is 13.2 Å². The molecule has 1 amide bonds. The van der Waals surface area contributed by atoms with Crippen molar-refractivity contribution in [3.05, 3.63) is 0 Å². The summed E-state index contributed by atoms with van der Waals surface area (Å²) in [6, 6.07) is 2.46. The van der Waals surface area contributed by atoms with Crippen LogP contribution in [-0.4, -0.2) is 43.6 Å². The van der Waals surface area contributed by atoms with E-state index in [0.29, 0.717) is 13.2 Å². The molecule has 1 fully saturated rings. The van der Waals surface area contributed by atoms with Crippen LogP contribution >= 0.6 is 0 Å². The molecule has 5 nitrogen and oxygen atoms in total. The maximum Gasteiger partial charge on any atom is 0.411 e. The summed E-state index contributed by atoms with van der Waals surface area (Å²) in [4.78, 5) is 14.6. The summed E-state index contributed by atoms with van der Waals surface area (Å²) >= 11 is 0. The fraction of sp³-hybridized carbons (Fsp3) is 0.905. The summed E-state index contributed by atoms with van der Waals surface area (Å²) in [7, 11) is -1.81. The van der Waals surface area contributed by atoms with Crippen molar-refractivity contribution in [1.29, 1.82) is 5.26 Å². The smallest absolute Gasteiger partial charge is 0.411 e. The van der Waals surface area contributed by atoms with Crippen molar-refractivity contribution in [1.82, 2.24) is 4.90 Å². The fourth-order valence-electron chi connectivity index (χ4n) is 3.14. The lowest BCUT2D eigenvalue weighted by molar-refractivity contribution is -0.00123. The van der Waals surface area contributed by atoms with Gasteiger partial charge in [-0.25, -0.2) is 4.79 Å². The van der Waals surface area contributed by atoms with E-state index in [0.717, 1.165) is 38.5 Å². The van der Waals surface area contributed by atoms with Crippen LogP contribution in [0.3, 0.4) is 0 Å². The second-order valence-corrected chi connectivity index (χ2v) is 15.1. The molecule has 27 heavy (non-hydrogen) atoms. The molecule has 0 unspecified atom stereocenters. The summed E-state index contributed by atoms with van der Waals surface area (Å²) in [6.07, 6.45) is 4.88. The minimum Gasteiger partial charge on any atom is -0.444 e. The van der Waals surface area contributed by atoms with Gasteiger partial charge in [0.25, 0.3) is 0 Å². The molecule has 0 aromatic carbocycles. The number of hydrogen-bond acceptors (Lipinski definition) is 4. The highest BCUT2D eigenvalue weighted by molar-refractivity contribution is 6.74. The van der Waals surface area contributed by atoms with Gasteiger partial charge in [0.1, 0.15) is 11.1 Å². The van der Waals surface area contributed by atoms with E-state index in [9.17, 15) is 10.1 Å². The Morgan fingerprint density at radius 1 is 1.11 bits per heavy atom. The molecule has 0 spiro atoms. The van der Waals surface area contributed by atoms with Gasteiger partial charge < -0.3 is 9.16 Å². The van der Waals surface area contributed by atoms with Gasteiger partial charge >= 0.3 is 6.09 Å². The Kier molecular flexibility index (Phi) is 7.95. The second-order valence-electron chi connectivity index (χ2n) is 10.3. The van der Waals surface area contributed by atoms with Crippen molar-refractivity contribution in [2.45, 2.75) is 109 Å². The molecule has 0 aromatic rings. The largest absolute Gasteiger partial charge is 0.444 e. The first-order valence-corrected chi connectivity index (χ1v) is 13.2. The maximum atomic E-state index is 12.9. The van der Waals surface area contributed by atoms with E-state index < -0.39 is 19.5 Å². The van der Waals surface area contributed by atoms with Crippen LogP contribution in [0.4, 0.5) is 4.79 Å². The molecule has 1 rings (SSSR count). The lowest BCUT2D eigenvalue weighted by atomic mass is 9.81. The second kappa shape index (κ2) is 8.96. The normalized spacial score (nSPS) is 17.9. The third kappa shape index (κ3) is 6.80. The molecule has 1 aliphatic carbocycles. The Morgan fingerprint density at radius 2 is 1.67 bits per heavy atom. The number of nitriles is 1. The van der Waals surface area contributed by atoms with Gasteiger partial charge in [0, 0.05) is 13.2 Å². The molecule has 0 saturated heterocycles. The Bertz CT molecular complexity index is 535. The van der Waals surface area contributed by atoms with Crippen LogP contribution < -0.4 is 0 Å². The molecular formula is C21H40N2O3Si. The zero-order chi connectivity index (χ0) is 20.9. The molecule has 0 atom stereocenters. The summed E-state index contributed by atoms with van der Waals surface area (Å²) in [6.45, 7) is 17.8. The average molecular weight is 397 g/mol. The summed E-state index contributed by atoms with van der Waals surface area (Å²) in [5.74, 6) is 0. The van der Waals surface area contributed by atoms with Gasteiger partial charge in [-0.2, -0.15) is 5.26 Å². The molecule has 0 radical (unpaired) electrons. The number of carbonyl (C=O) groups excluding carboxylic acids is 1. The van der Waals surface area contributed by atoms with Crippen LogP contribution in [0, 0.1) is 11.3 Å². The number of nitrogens with zero attached hydrogens (tertiary/aromatic N) is 2. The molecule has 1 aliphatic rings. The van der Waals surface area contributed by atoms with Gasteiger partial charge in [-0.3, -0.25) is 4.90 Å². The minimum absolute atomic E-state index is 0.162. The third-order valence-electron chi connectivity index (χ3n) is 5.81. The van der Waals surface area contributed by atoms with Gasteiger partial charge in [-0.1, -0.05) is 40.0 Å². The zero-order valence-electron chi connectivity index (χ0n) is 18.8. The van der Waals surface area contributed by atoms with E-state index in [1.54, 1.807) is 4.90 Å². The van der Waals surface area contributed by atoms with Crippen LogP contribution in [0.5, 0.6) is 0 Å². The minimum atomic E-state index is -1.81. The average Bonchev–Trinajstić information content (AvgIpc) is 2.52. The standard InChI is InChI=1S/C21H40N2O3Si/c1-19(2,3)26-18(24)23(21(17-22)13-10-9-11-14-21)15-12-16-25-27(7,8)20(4,5)6/h9-16H2,1-8H3. The van der Waals surface area contributed by atoms with Gasteiger partial charge in [-0.15, -0.1) is 0 Å². The Hall–Kier alpha value is -1.06. The fourth-order valence-corrected chi connectivity index (χ4v) is 4.23. The topological polar surface area (TPSA) is 62.6 Å². The van der Waals surface area contributed by atoms with Gasteiger partial charge in [0.05, 0.1) is 6.07 Å². The molecule has 1 saturated carbocycles. The molecule has 0 N–H and O–H groups in total. The molecule has 0 aromatic heterocycles. The van der Waals surface area contributed by atoms with Crippen LogP contribution in [0.2, 0.25) is 18.1 Å². The maximum absolute atomic E-state index is 12.9. The highest BCUT2D eigenvalue weighted by Gasteiger charge is 2.43. The van der Waals surface area contributed by atoms with Crippen molar-refractivity contribution < 1.29 is 14.0 Å². The molecule has 0 aliphatic heterocycles. The Balaban J connectivity index is 2.84. The van der Waals surface area contributed by atoms with E-state index in [2.05, 4.69) is 39.9 Å². The summed E-state index contributed by atoms with van der Waals surface area (Å²) < 4.78 is 11.9. The van der Waals surface area contributed by atoms with Crippen LogP contribution in [0.15, 0.2) is 0 Å². The van der Waals surface area contributed by atoms with Crippen LogP contribution in [0.1, 0.15) is 80.1 Å². The van der Waals surface area contributed by atoms with E-state index in [1.165, 1.54) is 0 Å². The molecule has 0 heterocycles. The van der Waals surface area contributed by atoms with Crippen molar-refractivity contribution >= 4 is 14.4 Å². The van der Waals surface area contributed by atoms with Gasteiger partial charge in [0.15, 0.2) is 8.32 Å². The number of amides is 1. The van der Waals surface area contributed by atoms with Crippen LogP contribution in [0.25, 0.3) is 0 Å². The number of hydrogen-bond donors (Lipinski definition) is 0. The Labute approximate surface area is 167 Å². The monoisotopic (exact) mass is 396 g/mol. The molecule has 6 heteroatoms. The first-order valence-electron chi connectivity index (χ1n) is 10.3. The predicted molar refractivity (Wildman–Crippen MR) is 112 cm³/mol.